The van der Waals surface area contributed by atoms with Crippen molar-refractivity contribution < 1.29 is 10.0 Å². The van der Waals surface area contributed by atoms with Gasteiger partial charge in [-0.3, -0.25) is 4.79 Å². The van der Waals surface area contributed by atoms with Gasteiger partial charge in [0.2, 0.25) is 0 Å². The maximum atomic E-state index is 11.8. The Kier molecular flexibility index (Phi) is 4.02. The monoisotopic (exact) mass is 262 g/mol. The van der Waals surface area contributed by atoms with Crippen LogP contribution in [0, 0.1) is 10.1 Å². The summed E-state index contributed by atoms with van der Waals surface area (Å²) in [6.45, 7) is -0.0672. The maximum Gasteiger partial charge on any atom is 0.409 e. The number of hydrogen-bond donors (Lipinski definition) is 1. The molecular weight excluding hydrogens is 252 g/mol. The van der Waals surface area contributed by atoms with Crippen LogP contribution < -0.4 is 10.5 Å². The van der Waals surface area contributed by atoms with Crippen LogP contribution in [0.5, 0.6) is 0 Å². The zero-order valence-electron chi connectivity index (χ0n) is 9.25. The topological polar surface area (TPSA) is 102 Å². The molecular formula is C8H11ClN4O4. The van der Waals surface area contributed by atoms with E-state index in [0.29, 0.717) is 0 Å². The second kappa shape index (κ2) is 5.11. The molecule has 0 aromatic carbocycles. The molecule has 9 heteroatoms. The van der Waals surface area contributed by atoms with Crippen LogP contribution >= 0.6 is 11.6 Å². The largest absolute Gasteiger partial charge is 0.409 e. The van der Waals surface area contributed by atoms with Gasteiger partial charge in [-0.05, 0) is 4.92 Å². The number of aliphatic hydroxyl groups is 1. The van der Waals surface area contributed by atoms with Gasteiger partial charge >= 0.3 is 11.4 Å². The summed E-state index contributed by atoms with van der Waals surface area (Å²) < 4.78 is 0.840. The summed E-state index contributed by atoms with van der Waals surface area (Å²) in [6.07, 6.45) is 0. The van der Waals surface area contributed by atoms with E-state index in [4.69, 9.17) is 16.7 Å². The van der Waals surface area contributed by atoms with Gasteiger partial charge in [-0.25, -0.2) is 0 Å². The molecule has 0 spiro atoms. The zero-order valence-corrected chi connectivity index (χ0v) is 10.0. The van der Waals surface area contributed by atoms with Gasteiger partial charge in [-0.15, -0.1) is 4.68 Å². The zero-order chi connectivity index (χ0) is 13.2. The number of aryl methyl sites for hydroxylation is 1. The molecule has 0 aliphatic carbocycles. The number of nitrogens with zero attached hydrogens (tertiary/aromatic N) is 4. The molecule has 94 valence electrons. The number of halogens is 1. The smallest absolute Gasteiger partial charge is 0.395 e. The Hall–Kier alpha value is -1.67. The minimum Gasteiger partial charge on any atom is -0.395 e. The number of rotatable bonds is 4. The highest BCUT2D eigenvalue weighted by atomic mass is 35.5. The second-order valence-corrected chi connectivity index (χ2v) is 3.70. The van der Waals surface area contributed by atoms with Crippen molar-refractivity contribution in [2.45, 2.75) is 0 Å². The molecule has 0 unspecified atom stereocenters. The van der Waals surface area contributed by atoms with E-state index in [-0.39, 0.29) is 23.9 Å². The van der Waals surface area contributed by atoms with E-state index in [1.54, 1.807) is 0 Å². The van der Waals surface area contributed by atoms with Crippen molar-refractivity contribution in [3.05, 3.63) is 25.5 Å². The third kappa shape index (κ3) is 2.53. The number of likely N-dealkylation sites (N-methyl/N-ethyl adjacent to an activating group) is 1. The van der Waals surface area contributed by atoms with Crippen molar-refractivity contribution in [2.75, 3.05) is 25.1 Å². The van der Waals surface area contributed by atoms with Gasteiger partial charge in [-0.2, -0.15) is 0 Å². The summed E-state index contributed by atoms with van der Waals surface area (Å²) in [4.78, 5) is 23.0. The van der Waals surface area contributed by atoms with Crippen LogP contribution in [-0.2, 0) is 7.05 Å². The van der Waals surface area contributed by atoms with E-state index in [2.05, 4.69) is 5.10 Å². The molecule has 0 saturated carbocycles. The van der Waals surface area contributed by atoms with Crippen molar-refractivity contribution in [1.82, 2.24) is 9.78 Å². The number of aliphatic hydroxyl groups excluding tert-OH is 1. The lowest BCUT2D eigenvalue weighted by Gasteiger charge is -2.17. The van der Waals surface area contributed by atoms with Gasteiger partial charge < -0.3 is 20.1 Å². The fourth-order valence-electron chi connectivity index (χ4n) is 1.29. The summed E-state index contributed by atoms with van der Waals surface area (Å²) in [6, 6.07) is 0. The number of aromatic nitrogens is 2. The molecule has 1 aromatic heterocycles. The van der Waals surface area contributed by atoms with Crippen LogP contribution in [0.3, 0.4) is 0 Å². The molecule has 1 heterocycles. The normalized spacial score (nSPS) is 10.4. The average molecular weight is 263 g/mol. The van der Waals surface area contributed by atoms with Gasteiger partial charge in [0.05, 0.1) is 18.8 Å². The van der Waals surface area contributed by atoms with Gasteiger partial charge in [-0.1, -0.05) is 11.6 Å². The summed E-state index contributed by atoms with van der Waals surface area (Å²) in [5.41, 5.74) is -0.610. The van der Waals surface area contributed by atoms with Crippen LogP contribution in [0.25, 0.3) is 0 Å². The number of anilines is 1. The molecule has 17 heavy (non-hydrogen) atoms. The summed E-state index contributed by atoms with van der Waals surface area (Å²) in [7, 11) is 2.80. The Morgan fingerprint density at radius 2 is 2.24 bits per heavy atom. The summed E-state index contributed by atoms with van der Waals surface area (Å²) in [5, 5.41) is 22.6. The van der Waals surface area contributed by atoms with Gasteiger partial charge in [0.25, 0.3) is 0 Å². The van der Waals surface area contributed by atoms with Crippen LogP contribution in [0.2, 0.25) is 5.02 Å². The SMILES string of the molecule is CN(CCO)c1c(Cl)c([N+](=O)[O-])nn(C)c1=O. The Morgan fingerprint density at radius 1 is 1.65 bits per heavy atom. The van der Waals surface area contributed by atoms with E-state index in [9.17, 15) is 14.9 Å². The van der Waals surface area contributed by atoms with Crippen molar-refractivity contribution in [3.8, 4) is 0 Å². The molecule has 0 radical (unpaired) electrons. The first kappa shape index (κ1) is 13.4. The first-order valence-electron chi connectivity index (χ1n) is 4.63. The first-order valence-corrected chi connectivity index (χ1v) is 5.01. The summed E-state index contributed by atoms with van der Waals surface area (Å²) in [5.74, 6) is -0.589. The highest BCUT2D eigenvalue weighted by Gasteiger charge is 2.25. The number of hydrogen-bond acceptors (Lipinski definition) is 6. The number of nitro groups is 1. The Bertz CT molecular complexity index is 501. The van der Waals surface area contributed by atoms with Gasteiger partial charge in [0, 0.05) is 13.6 Å². The predicted molar refractivity (Wildman–Crippen MR) is 61.5 cm³/mol. The van der Waals surface area contributed by atoms with Gasteiger partial charge in [0.15, 0.2) is 5.02 Å². The molecule has 0 aliphatic heterocycles. The van der Waals surface area contributed by atoms with E-state index in [1.165, 1.54) is 19.0 Å². The van der Waals surface area contributed by atoms with E-state index in [0.717, 1.165) is 4.68 Å². The van der Waals surface area contributed by atoms with Crippen molar-refractivity contribution in [2.24, 2.45) is 7.05 Å². The lowest BCUT2D eigenvalue weighted by atomic mass is 10.4. The van der Waals surface area contributed by atoms with Gasteiger partial charge in [0.1, 0.15) is 5.69 Å². The average Bonchev–Trinajstić information content (AvgIpc) is 2.23. The third-order valence-electron chi connectivity index (χ3n) is 2.14. The Labute approximate surface area is 101 Å². The van der Waals surface area contributed by atoms with Crippen molar-refractivity contribution in [3.63, 3.8) is 0 Å². The quantitative estimate of drug-likeness (QED) is 0.594. The van der Waals surface area contributed by atoms with Crippen molar-refractivity contribution in [1.29, 1.82) is 0 Å². The maximum absolute atomic E-state index is 11.8. The molecule has 0 bridgehead atoms. The molecule has 0 saturated heterocycles. The standard InChI is InChI=1S/C8H11ClN4O4/c1-11(3-4-14)6-5(9)7(13(16)17)10-12(2)8(6)15/h14H,3-4H2,1-2H3. The molecule has 0 aliphatic rings. The van der Waals surface area contributed by atoms with Crippen LogP contribution in [0.15, 0.2) is 4.79 Å². The van der Waals surface area contributed by atoms with E-state index < -0.39 is 16.3 Å². The minimum absolute atomic E-state index is 0.0510. The first-order chi connectivity index (χ1) is 7.90. The summed E-state index contributed by atoms with van der Waals surface area (Å²) >= 11 is 5.77. The lowest BCUT2D eigenvalue weighted by Crippen LogP contribution is -2.32. The molecule has 0 amide bonds. The lowest BCUT2D eigenvalue weighted by molar-refractivity contribution is -0.390. The highest BCUT2D eigenvalue weighted by Crippen LogP contribution is 2.28. The molecule has 1 rings (SSSR count). The Balaban J connectivity index is 3.47. The Morgan fingerprint density at radius 3 is 2.71 bits per heavy atom. The minimum atomic E-state index is -0.766. The van der Waals surface area contributed by atoms with E-state index in [1.807, 2.05) is 0 Å². The fraction of sp³-hybridized carbons (Fsp3) is 0.500. The van der Waals surface area contributed by atoms with Crippen LogP contribution in [0.1, 0.15) is 0 Å². The molecule has 1 N–H and O–H groups in total. The van der Waals surface area contributed by atoms with Crippen molar-refractivity contribution >= 4 is 23.1 Å². The highest BCUT2D eigenvalue weighted by molar-refractivity contribution is 6.35. The van der Waals surface area contributed by atoms with E-state index >= 15 is 0 Å². The molecule has 0 fully saturated rings. The molecule has 0 atom stereocenters. The third-order valence-corrected chi connectivity index (χ3v) is 2.48. The fourth-order valence-corrected chi connectivity index (χ4v) is 1.63. The second-order valence-electron chi connectivity index (χ2n) is 3.32. The van der Waals surface area contributed by atoms with Crippen LogP contribution in [0.4, 0.5) is 11.5 Å². The molecule has 1 aromatic rings. The van der Waals surface area contributed by atoms with Crippen LogP contribution in [-0.4, -0.2) is 40.0 Å². The predicted octanol–water partition coefficient (Wildman–Crippen LogP) is -0.230. The molecule has 8 nitrogen and oxygen atoms in total.